The van der Waals surface area contributed by atoms with E-state index in [1.807, 2.05) is 0 Å². The molecule has 0 unspecified atom stereocenters. The lowest BCUT2D eigenvalue weighted by Crippen LogP contribution is -2.36. The third-order valence-electron chi connectivity index (χ3n) is 3.20. The molecule has 1 aromatic heterocycles. The van der Waals surface area contributed by atoms with Crippen molar-refractivity contribution in [2.75, 3.05) is 6.54 Å². The van der Waals surface area contributed by atoms with Crippen molar-refractivity contribution in [2.24, 2.45) is 0 Å². The van der Waals surface area contributed by atoms with Crippen LogP contribution in [0.1, 0.15) is 22.8 Å². The van der Waals surface area contributed by atoms with Crippen LogP contribution in [0.5, 0.6) is 0 Å². The van der Waals surface area contributed by atoms with Gasteiger partial charge in [-0.15, -0.1) is 0 Å². The number of aromatic nitrogens is 1. The van der Waals surface area contributed by atoms with E-state index in [0.717, 1.165) is 5.56 Å². The van der Waals surface area contributed by atoms with Crippen LogP contribution >= 0.6 is 0 Å². The number of nitrogens with zero attached hydrogens (tertiary/aromatic N) is 1. The highest BCUT2D eigenvalue weighted by molar-refractivity contribution is 5.92. The minimum Gasteiger partial charge on any atom is -0.449 e. The van der Waals surface area contributed by atoms with Crippen molar-refractivity contribution in [3.05, 3.63) is 65.7 Å². The highest BCUT2D eigenvalue weighted by Crippen LogP contribution is 2.04. The minimum absolute atomic E-state index is 0.297. The maximum Gasteiger partial charge on any atom is 0.339 e. The largest absolute Gasteiger partial charge is 0.449 e. The number of nitrogens with one attached hydrogen (secondary N) is 1. The fraction of sp³-hybridized carbons (Fsp3) is 0.235. The Labute approximate surface area is 133 Å². The summed E-state index contributed by atoms with van der Waals surface area (Å²) in [6, 6.07) is 9.10. The van der Waals surface area contributed by atoms with Gasteiger partial charge in [0, 0.05) is 18.9 Å². The van der Waals surface area contributed by atoms with Gasteiger partial charge in [0.05, 0.1) is 5.56 Å². The number of benzene rings is 1. The number of ether oxygens (including phenoxy) is 1. The second kappa shape index (κ2) is 8.03. The molecule has 1 aromatic carbocycles. The average molecular weight is 316 g/mol. The number of carbonyl (C=O) groups is 2. The van der Waals surface area contributed by atoms with Crippen molar-refractivity contribution in [3.8, 4) is 0 Å². The van der Waals surface area contributed by atoms with Gasteiger partial charge < -0.3 is 10.1 Å². The van der Waals surface area contributed by atoms with Crippen LogP contribution in [0, 0.1) is 5.82 Å². The summed E-state index contributed by atoms with van der Waals surface area (Å²) >= 11 is 0. The number of carbonyl (C=O) groups excluding carboxylic acids is 2. The molecule has 23 heavy (non-hydrogen) atoms. The van der Waals surface area contributed by atoms with E-state index in [4.69, 9.17) is 4.74 Å². The Hall–Kier alpha value is -2.76. The van der Waals surface area contributed by atoms with Crippen molar-refractivity contribution in [1.29, 1.82) is 0 Å². The standard InChI is InChI=1S/C17H17FN2O3/c1-12(23-17(22)14-7-9-19-10-8-14)16(21)20-11-6-13-2-4-15(18)5-3-13/h2-5,7-10,12H,6,11H2,1H3,(H,20,21)/t12-/m0/s1. The van der Waals surface area contributed by atoms with Crippen LogP contribution < -0.4 is 5.32 Å². The van der Waals surface area contributed by atoms with Crippen LogP contribution in [-0.2, 0) is 16.0 Å². The molecule has 0 saturated heterocycles. The lowest BCUT2D eigenvalue weighted by atomic mass is 10.1. The minimum atomic E-state index is -0.899. The zero-order valence-corrected chi connectivity index (χ0v) is 12.7. The highest BCUT2D eigenvalue weighted by atomic mass is 19.1. The van der Waals surface area contributed by atoms with Crippen LogP contribution in [0.3, 0.4) is 0 Å². The van der Waals surface area contributed by atoms with E-state index in [2.05, 4.69) is 10.3 Å². The quantitative estimate of drug-likeness (QED) is 0.829. The molecule has 0 spiro atoms. The van der Waals surface area contributed by atoms with Gasteiger partial charge in [0.1, 0.15) is 5.82 Å². The third kappa shape index (κ3) is 5.18. The molecule has 1 N–H and O–H groups in total. The summed E-state index contributed by atoms with van der Waals surface area (Å²) in [6.07, 6.45) is 2.62. The van der Waals surface area contributed by atoms with Crippen LogP contribution in [0.15, 0.2) is 48.8 Å². The molecular weight excluding hydrogens is 299 g/mol. The summed E-state index contributed by atoms with van der Waals surface area (Å²) < 4.78 is 17.9. The van der Waals surface area contributed by atoms with E-state index in [1.54, 1.807) is 12.1 Å². The molecule has 0 fully saturated rings. The second-order valence-corrected chi connectivity index (χ2v) is 4.95. The topological polar surface area (TPSA) is 68.3 Å². The van der Waals surface area contributed by atoms with Gasteiger partial charge in [0.2, 0.25) is 0 Å². The van der Waals surface area contributed by atoms with Gasteiger partial charge in [0.25, 0.3) is 5.91 Å². The molecule has 6 heteroatoms. The zero-order chi connectivity index (χ0) is 16.7. The number of rotatable bonds is 6. The normalized spacial score (nSPS) is 11.6. The van der Waals surface area contributed by atoms with Gasteiger partial charge >= 0.3 is 5.97 Å². The van der Waals surface area contributed by atoms with Gasteiger partial charge in [-0.05, 0) is 43.2 Å². The maximum atomic E-state index is 12.8. The molecule has 1 amide bonds. The van der Waals surface area contributed by atoms with Gasteiger partial charge in [0.15, 0.2) is 6.10 Å². The molecule has 120 valence electrons. The first-order valence-electron chi connectivity index (χ1n) is 7.19. The van der Waals surface area contributed by atoms with Gasteiger partial charge in [-0.25, -0.2) is 9.18 Å². The summed E-state index contributed by atoms with van der Waals surface area (Å²) in [4.78, 5) is 27.5. The predicted octanol–water partition coefficient (Wildman–Crippen LogP) is 2.12. The van der Waals surface area contributed by atoms with Gasteiger partial charge in [-0.3, -0.25) is 9.78 Å². The molecule has 1 atom stereocenters. The van der Waals surface area contributed by atoms with Gasteiger partial charge in [-0.1, -0.05) is 12.1 Å². The van der Waals surface area contributed by atoms with E-state index in [-0.39, 0.29) is 11.7 Å². The molecule has 0 bridgehead atoms. The van der Waals surface area contributed by atoms with E-state index < -0.39 is 12.1 Å². The van der Waals surface area contributed by atoms with Crippen molar-refractivity contribution >= 4 is 11.9 Å². The molecule has 2 aromatic rings. The molecule has 1 heterocycles. The van der Waals surface area contributed by atoms with Crippen molar-refractivity contribution in [3.63, 3.8) is 0 Å². The van der Waals surface area contributed by atoms with E-state index >= 15 is 0 Å². The van der Waals surface area contributed by atoms with E-state index in [1.165, 1.54) is 43.6 Å². The van der Waals surface area contributed by atoms with Crippen molar-refractivity contribution in [2.45, 2.75) is 19.4 Å². The van der Waals surface area contributed by atoms with E-state index in [0.29, 0.717) is 18.5 Å². The fourth-order valence-corrected chi connectivity index (χ4v) is 1.89. The average Bonchev–Trinajstić information content (AvgIpc) is 2.57. The predicted molar refractivity (Wildman–Crippen MR) is 82.2 cm³/mol. The molecular formula is C17H17FN2O3. The third-order valence-corrected chi connectivity index (χ3v) is 3.20. The Balaban J connectivity index is 1.76. The molecule has 0 radical (unpaired) electrons. The van der Waals surface area contributed by atoms with Crippen LogP contribution in [0.25, 0.3) is 0 Å². The lowest BCUT2D eigenvalue weighted by Gasteiger charge is -2.13. The monoisotopic (exact) mass is 316 g/mol. The molecule has 5 nitrogen and oxygen atoms in total. The summed E-state index contributed by atoms with van der Waals surface area (Å²) in [5.74, 6) is -1.25. The first-order valence-corrected chi connectivity index (χ1v) is 7.19. The molecule has 0 saturated carbocycles. The first-order chi connectivity index (χ1) is 11.1. The smallest absolute Gasteiger partial charge is 0.339 e. The Morgan fingerprint density at radius 3 is 2.48 bits per heavy atom. The molecule has 0 aliphatic carbocycles. The van der Waals surface area contributed by atoms with Crippen molar-refractivity contribution < 1.29 is 18.7 Å². The number of hydrogen-bond acceptors (Lipinski definition) is 4. The zero-order valence-electron chi connectivity index (χ0n) is 12.7. The number of esters is 1. The Morgan fingerprint density at radius 2 is 1.83 bits per heavy atom. The summed E-state index contributed by atoms with van der Waals surface area (Å²) in [6.45, 7) is 1.88. The first kappa shape index (κ1) is 16.6. The van der Waals surface area contributed by atoms with Crippen molar-refractivity contribution in [1.82, 2.24) is 10.3 Å². The SMILES string of the molecule is C[C@H](OC(=O)c1ccncc1)C(=O)NCCc1ccc(F)cc1. The Morgan fingerprint density at radius 1 is 1.17 bits per heavy atom. The molecule has 0 aliphatic heterocycles. The molecule has 2 rings (SSSR count). The van der Waals surface area contributed by atoms with Crippen LogP contribution in [-0.4, -0.2) is 29.5 Å². The Bertz CT molecular complexity index is 659. The highest BCUT2D eigenvalue weighted by Gasteiger charge is 2.18. The van der Waals surface area contributed by atoms with Gasteiger partial charge in [-0.2, -0.15) is 0 Å². The van der Waals surface area contributed by atoms with E-state index in [9.17, 15) is 14.0 Å². The number of halogens is 1. The molecule has 0 aliphatic rings. The van der Waals surface area contributed by atoms with Crippen LogP contribution in [0.4, 0.5) is 4.39 Å². The Kier molecular flexibility index (Phi) is 5.80. The lowest BCUT2D eigenvalue weighted by molar-refractivity contribution is -0.129. The number of amides is 1. The summed E-state index contributed by atoms with van der Waals surface area (Å²) in [7, 11) is 0. The fourth-order valence-electron chi connectivity index (χ4n) is 1.89. The number of hydrogen-bond donors (Lipinski definition) is 1. The number of pyridine rings is 1. The summed E-state index contributed by atoms with van der Waals surface area (Å²) in [5, 5.41) is 2.68. The maximum absolute atomic E-state index is 12.8. The van der Waals surface area contributed by atoms with Crippen LogP contribution in [0.2, 0.25) is 0 Å². The second-order valence-electron chi connectivity index (χ2n) is 4.95. The summed E-state index contributed by atoms with van der Waals surface area (Å²) in [5.41, 5.74) is 1.25.